The predicted octanol–water partition coefficient (Wildman–Crippen LogP) is 8.78. The SMILES string of the molecule is CC/C=C/C=C/C=C/C=C/CCCCCC(=O)OC(COC(=O)CCCCCCCCCCCCCCCCCCC)CO[C@H]1O[C@H](CS(=O)(=O)O)[C@@H](O)C(O)C1O. The van der Waals surface area contributed by atoms with E-state index >= 15 is 0 Å². The third-order valence-electron chi connectivity index (χ3n) is 10.0. The van der Waals surface area contributed by atoms with E-state index in [4.69, 9.17) is 18.9 Å². The van der Waals surface area contributed by atoms with E-state index in [-0.39, 0.29) is 19.4 Å². The summed E-state index contributed by atoms with van der Waals surface area (Å²) in [6, 6.07) is 0. The van der Waals surface area contributed by atoms with E-state index in [0.717, 1.165) is 44.9 Å². The summed E-state index contributed by atoms with van der Waals surface area (Å²) >= 11 is 0. The first kappa shape index (κ1) is 53.6. The van der Waals surface area contributed by atoms with Crippen LogP contribution in [0.25, 0.3) is 0 Å². The number of esters is 2. The van der Waals surface area contributed by atoms with Crippen molar-refractivity contribution < 1.29 is 56.8 Å². The van der Waals surface area contributed by atoms with Crippen LogP contribution in [0.4, 0.5) is 0 Å². The summed E-state index contributed by atoms with van der Waals surface area (Å²) in [6.45, 7) is 3.58. The molecule has 336 valence electrons. The maximum absolute atomic E-state index is 12.8. The zero-order chi connectivity index (χ0) is 42.7. The van der Waals surface area contributed by atoms with Gasteiger partial charge in [-0.1, -0.05) is 172 Å². The largest absolute Gasteiger partial charge is 0.462 e. The normalized spacial score (nSPS) is 20.8. The van der Waals surface area contributed by atoms with Gasteiger partial charge in [0.15, 0.2) is 12.4 Å². The van der Waals surface area contributed by atoms with Gasteiger partial charge in [-0.3, -0.25) is 14.1 Å². The highest BCUT2D eigenvalue weighted by Crippen LogP contribution is 2.24. The van der Waals surface area contributed by atoms with Gasteiger partial charge in [0.05, 0.1) is 6.61 Å². The number of ether oxygens (including phenoxy) is 4. The molecule has 4 N–H and O–H groups in total. The third-order valence-corrected chi connectivity index (χ3v) is 10.8. The maximum atomic E-state index is 12.8. The first-order valence-corrected chi connectivity index (χ1v) is 23.9. The second kappa shape index (κ2) is 35.4. The molecule has 0 bridgehead atoms. The van der Waals surface area contributed by atoms with E-state index in [9.17, 15) is 37.9 Å². The highest BCUT2D eigenvalue weighted by molar-refractivity contribution is 7.85. The number of allylic oxidation sites excluding steroid dienone is 8. The predicted molar refractivity (Wildman–Crippen MR) is 229 cm³/mol. The fraction of sp³-hybridized carbons (Fsp3) is 0.778. The molecule has 0 saturated carbocycles. The quantitative estimate of drug-likeness (QED) is 0.0204. The second-order valence-corrected chi connectivity index (χ2v) is 16.9. The average Bonchev–Trinajstić information content (AvgIpc) is 3.18. The van der Waals surface area contributed by atoms with Gasteiger partial charge in [0, 0.05) is 12.8 Å². The zero-order valence-electron chi connectivity index (χ0n) is 35.6. The van der Waals surface area contributed by atoms with E-state index in [1.165, 1.54) is 83.5 Å². The van der Waals surface area contributed by atoms with Crippen LogP contribution in [-0.4, -0.2) is 96.0 Å². The lowest BCUT2D eigenvalue weighted by atomic mass is 10.00. The van der Waals surface area contributed by atoms with Crippen molar-refractivity contribution in [1.82, 2.24) is 0 Å². The summed E-state index contributed by atoms with van der Waals surface area (Å²) in [6.07, 6.45) is 31.7. The molecule has 0 radical (unpaired) electrons. The van der Waals surface area contributed by atoms with E-state index < -0.39 is 71.2 Å². The van der Waals surface area contributed by atoms with Crippen LogP contribution in [0, 0.1) is 0 Å². The number of aliphatic hydroxyl groups is 3. The van der Waals surface area contributed by atoms with Crippen LogP contribution in [0.3, 0.4) is 0 Å². The maximum Gasteiger partial charge on any atom is 0.306 e. The molecule has 0 aromatic rings. The molecule has 0 aliphatic carbocycles. The van der Waals surface area contributed by atoms with Gasteiger partial charge < -0.3 is 34.3 Å². The van der Waals surface area contributed by atoms with Gasteiger partial charge in [-0.2, -0.15) is 8.42 Å². The lowest BCUT2D eigenvalue weighted by molar-refractivity contribution is -0.297. The molecular formula is C45H78O12S. The molecule has 6 atom stereocenters. The molecule has 0 amide bonds. The Bertz CT molecular complexity index is 1260. The average molecular weight is 843 g/mol. The Labute approximate surface area is 350 Å². The van der Waals surface area contributed by atoms with Gasteiger partial charge in [0.2, 0.25) is 0 Å². The monoisotopic (exact) mass is 843 g/mol. The van der Waals surface area contributed by atoms with Gasteiger partial charge in [0.1, 0.15) is 36.8 Å². The number of unbranched alkanes of at least 4 members (excludes halogenated alkanes) is 19. The highest BCUT2D eigenvalue weighted by Gasteiger charge is 2.46. The molecular weight excluding hydrogens is 765 g/mol. The lowest BCUT2D eigenvalue weighted by Gasteiger charge is -2.40. The van der Waals surface area contributed by atoms with Crippen LogP contribution < -0.4 is 0 Å². The highest BCUT2D eigenvalue weighted by atomic mass is 32.2. The number of rotatable bonds is 36. The molecule has 1 heterocycles. The van der Waals surface area contributed by atoms with Gasteiger partial charge in [-0.25, -0.2) is 0 Å². The number of carbonyl (C=O) groups is 2. The van der Waals surface area contributed by atoms with Crippen LogP contribution in [0.15, 0.2) is 48.6 Å². The van der Waals surface area contributed by atoms with Crippen molar-refractivity contribution in [3.63, 3.8) is 0 Å². The first-order chi connectivity index (χ1) is 28.0. The van der Waals surface area contributed by atoms with Crippen LogP contribution in [0.2, 0.25) is 0 Å². The Balaban J connectivity index is 2.46. The van der Waals surface area contributed by atoms with E-state index in [2.05, 4.69) is 26.0 Å². The summed E-state index contributed by atoms with van der Waals surface area (Å²) in [4.78, 5) is 25.4. The van der Waals surface area contributed by atoms with Crippen molar-refractivity contribution >= 4 is 22.1 Å². The van der Waals surface area contributed by atoms with E-state index in [1.54, 1.807) is 0 Å². The number of hydrogen-bond acceptors (Lipinski definition) is 11. The summed E-state index contributed by atoms with van der Waals surface area (Å²) in [5, 5.41) is 30.8. The van der Waals surface area contributed by atoms with Crippen molar-refractivity contribution in [2.45, 2.75) is 205 Å². The molecule has 1 aliphatic rings. The molecule has 1 rings (SSSR count). The minimum Gasteiger partial charge on any atom is -0.462 e. The smallest absolute Gasteiger partial charge is 0.306 e. The molecule has 12 nitrogen and oxygen atoms in total. The molecule has 1 fully saturated rings. The number of hydrogen-bond donors (Lipinski definition) is 4. The van der Waals surface area contributed by atoms with Crippen molar-refractivity contribution in [1.29, 1.82) is 0 Å². The van der Waals surface area contributed by atoms with Crippen LogP contribution in [0.1, 0.15) is 168 Å². The Morgan fingerprint density at radius 3 is 1.62 bits per heavy atom. The minimum absolute atomic E-state index is 0.118. The molecule has 0 spiro atoms. The van der Waals surface area contributed by atoms with Crippen LogP contribution >= 0.6 is 0 Å². The fourth-order valence-electron chi connectivity index (χ4n) is 6.57. The standard InChI is InChI=1S/C45H78O12S/c1-3-5-7-9-11-13-15-17-18-19-20-22-23-25-27-29-31-33-40(46)54-35-38(36-55-45-44(50)43(49)42(48)39(57-45)37-58(51,52)53)56-41(47)34-32-30-28-26-24-21-16-14-12-10-8-6-4-2/h6,8,10,12,14,16,21,24,38-39,42-45,48-50H,3-5,7,9,11,13,15,17-20,22-23,25-37H2,1-2H3,(H,51,52,53)/b8-6+,12-10+,16-14+,24-21+/t38?,39-,42-,43?,44?,45+/m1/s1. The van der Waals surface area contributed by atoms with Crippen molar-refractivity contribution in [2.24, 2.45) is 0 Å². The fourth-order valence-corrected chi connectivity index (χ4v) is 7.26. The Morgan fingerprint density at radius 2 is 1.09 bits per heavy atom. The lowest BCUT2D eigenvalue weighted by Crippen LogP contribution is -2.60. The molecule has 3 unspecified atom stereocenters. The topological polar surface area (TPSA) is 186 Å². The molecule has 13 heteroatoms. The van der Waals surface area contributed by atoms with Gasteiger partial charge in [-0.05, 0) is 32.1 Å². The molecule has 1 aliphatic heterocycles. The Hall–Kier alpha value is -2.39. The molecule has 0 aromatic carbocycles. The second-order valence-electron chi connectivity index (χ2n) is 15.4. The number of aliphatic hydroxyl groups excluding tert-OH is 3. The van der Waals surface area contributed by atoms with E-state index in [1.807, 2.05) is 36.5 Å². The van der Waals surface area contributed by atoms with Gasteiger partial charge >= 0.3 is 11.9 Å². The third kappa shape index (κ3) is 29.8. The number of carbonyl (C=O) groups excluding carboxylic acids is 2. The zero-order valence-corrected chi connectivity index (χ0v) is 36.5. The Kier molecular flexibility index (Phi) is 32.7. The van der Waals surface area contributed by atoms with Gasteiger partial charge in [0.25, 0.3) is 10.1 Å². The van der Waals surface area contributed by atoms with Gasteiger partial charge in [-0.15, -0.1) is 0 Å². The summed E-state index contributed by atoms with van der Waals surface area (Å²) in [5.74, 6) is -2.03. The summed E-state index contributed by atoms with van der Waals surface area (Å²) < 4.78 is 54.0. The molecule has 1 saturated heterocycles. The van der Waals surface area contributed by atoms with Crippen molar-refractivity contribution in [2.75, 3.05) is 19.0 Å². The van der Waals surface area contributed by atoms with E-state index in [0.29, 0.717) is 12.8 Å². The van der Waals surface area contributed by atoms with Crippen molar-refractivity contribution in [3.8, 4) is 0 Å². The van der Waals surface area contributed by atoms with Crippen LogP contribution in [-0.2, 0) is 38.7 Å². The first-order valence-electron chi connectivity index (χ1n) is 22.2. The Morgan fingerprint density at radius 1 is 0.603 bits per heavy atom. The summed E-state index contributed by atoms with van der Waals surface area (Å²) in [5.41, 5.74) is 0. The van der Waals surface area contributed by atoms with Crippen molar-refractivity contribution in [3.05, 3.63) is 48.6 Å². The molecule has 0 aromatic heterocycles. The minimum atomic E-state index is -4.61. The molecule has 58 heavy (non-hydrogen) atoms. The summed E-state index contributed by atoms with van der Waals surface area (Å²) in [7, 11) is -4.61. The van der Waals surface area contributed by atoms with Crippen LogP contribution in [0.5, 0.6) is 0 Å².